The van der Waals surface area contributed by atoms with E-state index in [0.717, 1.165) is 5.56 Å². The van der Waals surface area contributed by atoms with E-state index in [9.17, 15) is 14.4 Å². The molecule has 0 aromatic heterocycles. The van der Waals surface area contributed by atoms with Gasteiger partial charge in [-0.2, -0.15) is 0 Å². The first-order valence-corrected chi connectivity index (χ1v) is 8.04. The summed E-state index contributed by atoms with van der Waals surface area (Å²) in [4.78, 5) is 35.1. The van der Waals surface area contributed by atoms with Gasteiger partial charge in [0.15, 0.2) is 0 Å². The van der Waals surface area contributed by atoms with Crippen LogP contribution in [0.4, 0.5) is 0 Å². The molecule has 0 radical (unpaired) electrons. The summed E-state index contributed by atoms with van der Waals surface area (Å²) >= 11 is 0. The lowest BCUT2D eigenvalue weighted by Crippen LogP contribution is -2.43. The second kappa shape index (κ2) is 8.47. The highest BCUT2D eigenvalue weighted by Gasteiger charge is 2.14. The molecule has 132 valence electrons. The van der Waals surface area contributed by atoms with Gasteiger partial charge in [0.1, 0.15) is 0 Å². The molecule has 0 saturated heterocycles. The molecule has 1 aromatic carbocycles. The monoisotopic (exact) mass is 333 g/mol. The minimum Gasteiger partial charge on any atom is -0.352 e. The van der Waals surface area contributed by atoms with E-state index in [1.54, 1.807) is 12.1 Å². The summed E-state index contributed by atoms with van der Waals surface area (Å²) in [5.41, 5.74) is 1.65. The van der Waals surface area contributed by atoms with Gasteiger partial charge in [0, 0.05) is 11.6 Å². The summed E-state index contributed by atoms with van der Waals surface area (Å²) in [5, 5.41) is 7.66. The molecular weight excluding hydrogens is 306 g/mol. The molecule has 0 atom stereocenters. The van der Waals surface area contributed by atoms with Crippen LogP contribution in [0.2, 0.25) is 0 Å². The molecule has 0 aliphatic carbocycles. The van der Waals surface area contributed by atoms with Gasteiger partial charge < -0.3 is 16.0 Å². The van der Waals surface area contributed by atoms with E-state index in [-0.39, 0.29) is 36.4 Å². The van der Waals surface area contributed by atoms with Gasteiger partial charge in [-0.1, -0.05) is 32.9 Å². The predicted molar refractivity (Wildman–Crippen MR) is 93.8 cm³/mol. The number of rotatable bonds is 6. The fourth-order valence-corrected chi connectivity index (χ4v) is 2.00. The van der Waals surface area contributed by atoms with Gasteiger partial charge >= 0.3 is 0 Å². The van der Waals surface area contributed by atoms with E-state index >= 15 is 0 Å². The lowest BCUT2D eigenvalue weighted by molar-refractivity contribution is -0.125. The highest BCUT2D eigenvalue weighted by molar-refractivity contribution is 5.96. The molecule has 6 heteroatoms. The fraction of sp³-hybridized carbons (Fsp3) is 0.500. The van der Waals surface area contributed by atoms with Crippen molar-refractivity contribution < 1.29 is 14.4 Å². The molecule has 0 fully saturated rings. The SMILES string of the molecule is CC(C)NC(=O)CNC(=O)CNC(=O)c1ccc(C(C)(C)C)cc1. The largest absolute Gasteiger partial charge is 0.352 e. The van der Waals surface area contributed by atoms with Crippen LogP contribution in [0.25, 0.3) is 0 Å². The van der Waals surface area contributed by atoms with Crippen molar-refractivity contribution in [3.05, 3.63) is 35.4 Å². The molecule has 0 unspecified atom stereocenters. The van der Waals surface area contributed by atoms with E-state index in [4.69, 9.17) is 0 Å². The first-order chi connectivity index (χ1) is 11.1. The van der Waals surface area contributed by atoms with Crippen molar-refractivity contribution in [2.75, 3.05) is 13.1 Å². The maximum absolute atomic E-state index is 12.0. The van der Waals surface area contributed by atoms with Crippen LogP contribution in [-0.2, 0) is 15.0 Å². The number of carbonyl (C=O) groups is 3. The Morgan fingerprint density at radius 3 is 1.96 bits per heavy atom. The number of nitrogens with one attached hydrogen (secondary N) is 3. The van der Waals surface area contributed by atoms with Crippen LogP contribution >= 0.6 is 0 Å². The highest BCUT2D eigenvalue weighted by Crippen LogP contribution is 2.22. The van der Waals surface area contributed by atoms with Gasteiger partial charge in [0.25, 0.3) is 5.91 Å². The molecule has 0 bridgehead atoms. The summed E-state index contributed by atoms with van der Waals surface area (Å²) in [7, 11) is 0. The van der Waals surface area contributed by atoms with Crippen molar-refractivity contribution in [3.63, 3.8) is 0 Å². The molecule has 1 aromatic rings. The molecule has 3 N–H and O–H groups in total. The molecule has 0 heterocycles. The standard InChI is InChI=1S/C18H27N3O3/c1-12(2)21-16(23)11-19-15(22)10-20-17(24)13-6-8-14(9-7-13)18(3,4)5/h6-9,12H,10-11H2,1-5H3,(H,19,22)(H,20,24)(H,21,23). The molecule has 6 nitrogen and oxygen atoms in total. The lowest BCUT2D eigenvalue weighted by Gasteiger charge is -2.19. The van der Waals surface area contributed by atoms with Crippen LogP contribution in [0.3, 0.4) is 0 Å². The second-order valence-corrected chi connectivity index (χ2v) is 7.01. The van der Waals surface area contributed by atoms with Gasteiger partial charge in [-0.05, 0) is 37.0 Å². The van der Waals surface area contributed by atoms with Crippen molar-refractivity contribution in [1.82, 2.24) is 16.0 Å². The maximum atomic E-state index is 12.0. The number of hydrogen-bond donors (Lipinski definition) is 3. The number of carbonyl (C=O) groups excluding carboxylic acids is 3. The summed E-state index contributed by atoms with van der Waals surface area (Å²) in [5.74, 6) is -0.992. The summed E-state index contributed by atoms with van der Waals surface area (Å²) < 4.78 is 0. The predicted octanol–water partition coefficient (Wildman–Crippen LogP) is 1.35. The van der Waals surface area contributed by atoms with Crippen molar-refractivity contribution in [2.45, 2.75) is 46.1 Å². The minimum absolute atomic E-state index is 0.0187. The van der Waals surface area contributed by atoms with Crippen molar-refractivity contribution >= 4 is 17.7 Å². The average molecular weight is 333 g/mol. The van der Waals surface area contributed by atoms with E-state index in [1.807, 2.05) is 26.0 Å². The zero-order valence-corrected chi connectivity index (χ0v) is 15.0. The van der Waals surface area contributed by atoms with Crippen LogP contribution in [0.5, 0.6) is 0 Å². The molecule has 24 heavy (non-hydrogen) atoms. The molecule has 0 aliphatic heterocycles. The summed E-state index contributed by atoms with van der Waals surface area (Å²) in [6, 6.07) is 7.31. The maximum Gasteiger partial charge on any atom is 0.251 e. The smallest absolute Gasteiger partial charge is 0.251 e. The third-order valence-electron chi connectivity index (χ3n) is 3.32. The second-order valence-electron chi connectivity index (χ2n) is 7.01. The van der Waals surface area contributed by atoms with E-state index in [2.05, 4.69) is 36.7 Å². The van der Waals surface area contributed by atoms with Crippen molar-refractivity contribution in [1.29, 1.82) is 0 Å². The van der Waals surface area contributed by atoms with Gasteiger partial charge in [-0.15, -0.1) is 0 Å². The Morgan fingerprint density at radius 1 is 0.917 bits per heavy atom. The summed E-state index contributed by atoms with van der Waals surface area (Å²) in [6.45, 7) is 9.70. The third kappa shape index (κ3) is 6.81. The zero-order valence-electron chi connectivity index (χ0n) is 15.0. The Kier molecular flexibility index (Phi) is 6.95. The van der Waals surface area contributed by atoms with E-state index in [0.29, 0.717) is 5.56 Å². The van der Waals surface area contributed by atoms with E-state index < -0.39 is 5.91 Å². The first-order valence-electron chi connectivity index (χ1n) is 8.04. The fourth-order valence-electron chi connectivity index (χ4n) is 2.00. The van der Waals surface area contributed by atoms with Crippen LogP contribution in [0.15, 0.2) is 24.3 Å². The molecule has 0 aliphatic rings. The van der Waals surface area contributed by atoms with Crippen molar-refractivity contribution in [2.24, 2.45) is 0 Å². The van der Waals surface area contributed by atoms with Gasteiger partial charge in [-0.25, -0.2) is 0 Å². The number of benzene rings is 1. The average Bonchev–Trinajstić information content (AvgIpc) is 2.49. The molecule has 0 spiro atoms. The number of amides is 3. The molecular formula is C18H27N3O3. The Labute approximate surface area is 143 Å². The Bertz CT molecular complexity index is 587. The highest BCUT2D eigenvalue weighted by atomic mass is 16.2. The lowest BCUT2D eigenvalue weighted by atomic mass is 9.87. The molecule has 1 rings (SSSR count). The van der Waals surface area contributed by atoms with Crippen LogP contribution in [0.1, 0.15) is 50.5 Å². The first kappa shape index (κ1) is 19.7. The van der Waals surface area contributed by atoms with Gasteiger partial charge in [0.05, 0.1) is 13.1 Å². The van der Waals surface area contributed by atoms with Gasteiger partial charge in [-0.3, -0.25) is 14.4 Å². The minimum atomic E-state index is -0.409. The Morgan fingerprint density at radius 2 is 1.46 bits per heavy atom. The van der Waals surface area contributed by atoms with Crippen LogP contribution < -0.4 is 16.0 Å². The zero-order chi connectivity index (χ0) is 18.3. The van der Waals surface area contributed by atoms with Crippen LogP contribution in [0, 0.1) is 0 Å². The molecule has 3 amide bonds. The topological polar surface area (TPSA) is 87.3 Å². The van der Waals surface area contributed by atoms with Gasteiger partial charge in [0.2, 0.25) is 11.8 Å². The third-order valence-corrected chi connectivity index (χ3v) is 3.32. The van der Waals surface area contributed by atoms with Crippen molar-refractivity contribution in [3.8, 4) is 0 Å². The van der Waals surface area contributed by atoms with E-state index in [1.165, 1.54) is 0 Å². The normalized spacial score (nSPS) is 11.1. The molecule has 0 saturated carbocycles. The Balaban J connectivity index is 2.43. The quantitative estimate of drug-likeness (QED) is 0.734. The summed E-state index contributed by atoms with van der Waals surface area (Å²) in [6.07, 6.45) is 0. The Hall–Kier alpha value is -2.37. The number of hydrogen-bond acceptors (Lipinski definition) is 3. The van der Waals surface area contributed by atoms with Crippen LogP contribution in [-0.4, -0.2) is 36.9 Å².